The Bertz CT molecular complexity index is 794. The summed E-state index contributed by atoms with van der Waals surface area (Å²) >= 11 is 0. The molecule has 0 spiro atoms. The van der Waals surface area contributed by atoms with Crippen molar-refractivity contribution in [3.05, 3.63) is 35.4 Å². The van der Waals surface area contributed by atoms with E-state index in [-0.39, 0.29) is 29.6 Å². The zero-order valence-electron chi connectivity index (χ0n) is 16.9. The third kappa shape index (κ3) is 4.10. The quantitative estimate of drug-likeness (QED) is 0.803. The van der Waals surface area contributed by atoms with Crippen molar-refractivity contribution >= 4 is 17.6 Å². The van der Waals surface area contributed by atoms with Gasteiger partial charge in [-0.2, -0.15) is 0 Å². The Hall–Kier alpha value is -2.17. The minimum atomic E-state index is -0.00686. The van der Waals surface area contributed by atoms with Gasteiger partial charge in [0.05, 0.1) is 0 Å². The van der Waals surface area contributed by atoms with E-state index >= 15 is 0 Å². The van der Waals surface area contributed by atoms with E-state index in [1.807, 2.05) is 24.3 Å². The molecule has 29 heavy (non-hydrogen) atoms. The van der Waals surface area contributed by atoms with Crippen LogP contribution in [0.1, 0.15) is 73.7 Å². The molecule has 0 aromatic heterocycles. The highest BCUT2D eigenvalue weighted by atomic mass is 16.2. The van der Waals surface area contributed by atoms with Crippen molar-refractivity contribution < 1.29 is 14.4 Å². The van der Waals surface area contributed by atoms with Gasteiger partial charge < -0.3 is 10.2 Å². The molecule has 2 unspecified atom stereocenters. The molecule has 154 valence electrons. The number of amides is 2. The fourth-order valence-electron chi connectivity index (χ4n) is 5.14. The van der Waals surface area contributed by atoms with Gasteiger partial charge in [-0.15, -0.1) is 0 Å². The zero-order valence-corrected chi connectivity index (χ0v) is 16.9. The summed E-state index contributed by atoms with van der Waals surface area (Å²) in [5.41, 5.74) is 1.75. The van der Waals surface area contributed by atoms with Gasteiger partial charge in [0.1, 0.15) is 5.78 Å². The van der Waals surface area contributed by atoms with Crippen LogP contribution in [-0.2, 0) is 16.1 Å². The molecular weight excluding hydrogens is 364 g/mol. The van der Waals surface area contributed by atoms with Crippen molar-refractivity contribution in [3.8, 4) is 0 Å². The number of rotatable bonds is 6. The van der Waals surface area contributed by atoms with Crippen LogP contribution in [0, 0.1) is 17.8 Å². The molecule has 1 aromatic rings. The summed E-state index contributed by atoms with van der Waals surface area (Å²) in [6.45, 7) is 0.605. The molecule has 4 aliphatic carbocycles. The maximum atomic E-state index is 13.4. The van der Waals surface area contributed by atoms with Gasteiger partial charge >= 0.3 is 0 Å². The number of carbonyl (C=O) groups excluding carboxylic acids is 3. The van der Waals surface area contributed by atoms with E-state index in [4.69, 9.17) is 0 Å². The van der Waals surface area contributed by atoms with Crippen molar-refractivity contribution in [3.63, 3.8) is 0 Å². The second kappa shape index (κ2) is 7.58. The van der Waals surface area contributed by atoms with Crippen LogP contribution in [0.5, 0.6) is 0 Å². The number of nitrogens with zero attached hydrogens (tertiary/aromatic N) is 1. The van der Waals surface area contributed by atoms with E-state index < -0.39 is 0 Å². The Morgan fingerprint density at radius 3 is 2.17 bits per heavy atom. The molecular formula is C24H30N2O3. The average Bonchev–Trinajstić information content (AvgIpc) is 3.60. The Balaban J connectivity index is 1.25. The van der Waals surface area contributed by atoms with Gasteiger partial charge in [-0.1, -0.05) is 18.6 Å². The first-order valence-electron chi connectivity index (χ1n) is 11.3. The molecule has 2 amide bonds. The van der Waals surface area contributed by atoms with Gasteiger partial charge in [-0.3, -0.25) is 14.4 Å². The summed E-state index contributed by atoms with van der Waals surface area (Å²) in [6.07, 6.45) is 8.87. The predicted molar refractivity (Wildman–Crippen MR) is 109 cm³/mol. The minimum absolute atomic E-state index is 0.00666. The van der Waals surface area contributed by atoms with E-state index in [2.05, 4.69) is 10.2 Å². The van der Waals surface area contributed by atoms with Gasteiger partial charge in [0, 0.05) is 41.9 Å². The highest BCUT2D eigenvalue weighted by Gasteiger charge is 2.44. The van der Waals surface area contributed by atoms with Crippen molar-refractivity contribution in [2.45, 2.75) is 76.4 Å². The summed E-state index contributed by atoms with van der Waals surface area (Å²) in [6, 6.07) is 8.39. The molecule has 5 nitrogen and oxygen atoms in total. The van der Waals surface area contributed by atoms with Gasteiger partial charge in [0.15, 0.2) is 0 Å². The molecule has 2 atom stereocenters. The van der Waals surface area contributed by atoms with Crippen molar-refractivity contribution in [1.82, 2.24) is 10.2 Å². The molecule has 4 saturated carbocycles. The van der Waals surface area contributed by atoms with Crippen molar-refractivity contribution in [1.29, 1.82) is 0 Å². The van der Waals surface area contributed by atoms with Crippen molar-refractivity contribution in [2.75, 3.05) is 0 Å². The van der Waals surface area contributed by atoms with Crippen LogP contribution in [0.3, 0.4) is 0 Å². The van der Waals surface area contributed by atoms with Crippen molar-refractivity contribution in [2.24, 2.45) is 17.8 Å². The summed E-state index contributed by atoms with van der Waals surface area (Å²) in [7, 11) is 0. The molecule has 4 aliphatic rings. The van der Waals surface area contributed by atoms with Crippen LogP contribution in [0.15, 0.2) is 24.3 Å². The number of nitrogens with one attached hydrogen (secondary N) is 1. The summed E-state index contributed by atoms with van der Waals surface area (Å²) in [5.74, 6) is 0.883. The van der Waals surface area contributed by atoms with E-state index in [0.29, 0.717) is 30.0 Å². The van der Waals surface area contributed by atoms with Gasteiger partial charge in [0.2, 0.25) is 5.91 Å². The number of hydrogen-bond donors (Lipinski definition) is 1. The second-order valence-corrected chi connectivity index (χ2v) is 9.54. The third-order valence-corrected chi connectivity index (χ3v) is 7.15. The maximum absolute atomic E-state index is 13.4. The van der Waals surface area contributed by atoms with E-state index in [9.17, 15) is 14.4 Å². The first kappa shape index (κ1) is 18.8. The zero-order chi connectivity index (χ0) is 20.0. The molecule has 0 heterocycles. The van der Waals surface area contributed by atoms with Crippen LogP contribution in [0.2, 0.25) is 0 Å². The smallest absolute Gasteiger partial charge is 0.251 e. The second-order valence-electron chi connectivity index (χ2n) is 9.54. The Kier molecular flexibility index (Phi) is 4.92. The van der Waals surface area contributed by atoms with Gasteiger partial charge in [-0.05, 0) is 69.1 Å². The molecule has 5 rings (SSSR count). The molecule has 0 radical (unpaired) electrons. The number of ketones is 1. The standard InChI is InChI=1S/C24H30N2O3/c27-22-17-2-1-3-18(22)13-19(12-17)24(29)26(21-10-11-21)14-15-4-6-16(7-5-15)23(28)25-20-8-9-20/h4-7,17-21H,1-3,8-14H2,(H,25,28). The van der Waals surface area contributed by atoms with E-state index in [1.165, 1.54) is 0 Å². The lowest BCUT2D eigenvalue weighted by atomic mass is 9.67. The lowest BCUT2D eigenvalue weighted by molar-refractivity contribution is -0.144. The van der Waals surface area contributed by atoms with Gasteiger partial charge in [0.25, 0.3) is 5.91 Å². The highest BCUT2D eigenvalue weighted by molar-refractivity contribution is 5.94. The molecule has 2 bridgehead atoms. The normalized spacial score (nSPS) is 28.7. The Morgan fingerprint density at radius 1 is 0.931 bits per heavy atom. The van der Waals surface area contributed by atoms with Crippen LogP contribution in [-0.4, -0.2) is 34.6 Å². The van der Waals surface area contributed by atoms with E-state index in [0.717, 1.165) is 63.4 Å². The first-order valence-corrected chi connectivity index (χ1v) is 11.3. The number of fused-ring (bicyclic) bond motifs is 2. The van der Waals surface area contributed by atoms with Gasteiger partial charge in [-0.25, -0.2) is 0 Å². The van der Waals surface area contributed by atoms with Crippen LogP contribution >= 0.6 is 0 Å². The molecule has 0 saturated heterocycles. The molecule has 0 aliphatic heterocycles. The number of Topliss-reactive ketones (excluding diaryl/α,β-unsaturated/α-hetero) is 1. The average molecular weight is 395 g/mol. The Morgan fingerprint density at radius 2 is 1.59 bits per heavy atom. The van der Waals surface area contributed by atoms with E-state index in [1.54, 1.807) is 0 Å². The maximum Gasteiger partial charge on any atom is 0.251 e. The predicted octanol–water partition coefficient (Wildman–Crippen LogP) is 3.47. The first-order chi connectivity index (χ1) is 14.1. The fourth-order valence-corrected chi connectivity index (χ4v) is 5.14. The topological polar surface area (TPSA) is 66.5 Å². The lowest BCUT2D eigenvalue weighted by Gasteiger charge is -2.39. The fraction of sp³-hybridized carbons (Fsp3) is 0.625. The lowest BCUT2D eigenvalue weighted by Crippen LogP contribution is -2.44. The monoisotopic (exact) mass is 394 g/mol. The summed E-state index contributed by atoms with van der Waals surface area (Å²) < 4.78 is 0. The van der Waals surface area contributed by atoms with Crippen LogP contribution in [0.25, 0.3) is 0 Å². The SMILES string of the molecule is O=C(NC1CC1)c1ccc(CN(C(=O)C2CC3CCCC(C2)C3=O)C2CC2)cc1. The minimum Gasteiger partial charge on any atom is -0.349 e. The molecule has 5 heteroatoms. The van der Waals surface area contributed by atoms with Crippen LogP contribution in [0.4, 0.5) is 0 Å². The summed E-state index contributed by atoms with van der Waals surface area (Å²) in [4.78, 5) is 40.0. The third-order valence-electron chi connectivity index (χ3n) is 7.15. The highest BCUT2D eigenvalue weighted by Crippen LogP contribution is 2.42. The largest absolute Gasteiger partial charge is 0.349 e. The van der Waals surface area contributed by atoms with Crippen LogP contribution < -0.4 is 5.32 Å². The summed E-state index contributed by atoms with van der Waals surface area (Å²) in [5, 5.41) is 3.01. The number of carbonyl (C=O) groups is 3. The molecule has 1 N–H and O–H groups in total. The number of hydrogen-bond acceptors (Lipinski definition) is 3. The molecule has 1 aromatic carbocycles. The number of benzene rings is 1. The molecule has 4 fully saturated rings. The Labute approximate surface area is 172 Å².